The van der Waals surface area contributed by atoms with Crippen molar-refractivity contribution in [1.29, 1.82) is 5.41 Å². The van der Waals surface area contributed by atoms with Crippen LogP contribution in [0.25, 0.3) is 22.2 Å². The Hall–Kier alpha value is -4.37. The number of benzene rings is 2. The minimum absolute atomic E-state index is 0.0173. The van der Waals surface area contributed by atoms with Crippen LogP contribution in [0, 0.1) is 5.41 Å². The number of carbonyl (C=O) groups excluding carboxylic acids is 1. The van der Waals surface area contributed by atoms with Gasteiger partial charge in [0.1, 0.15) is 12.4 Å². The number of hydrogen-bond donors (Lipinski definition) is 2. The zero-order chi connectivity index (χ0) is 25.7. The lowest BCUT2D eigenvalue weighted by Gasteiger charge is -2.12. The number of hydrogen-bond acceptors (Lipinski definition) is 7. The minimum Gasteiger partial charge on any atom is -0.487 e. The molecule has 0 saturated carbocycles. The first-order chi connectivity index (χ1) is 17.2. The fourth-order valence-electron chi connectivity index (χ4n) is 3.59. The average Bonchev–Trinajstić information content (AvgIpc) is 2.87. The third-order valence-electron chi connectivity index (χ3n) is 5.30. The Morgan fingerprint density at radius 1 is 1.06 bits per heavy atom. The Morgan fingerprint density at radius 3 is 2.42 bits per heavy atom. The van der Waals surface area contributed by atoms with Crippen LogP contribution in [-0.2, 0) is 16.3 Å². The van der Waals surface area contributed by atoms with E-state index in [0.717, 1.165) is 16.5 Å². The summed E-state index contributed by atoms with van der Waals surface area (Å²) in [5, 5.41) is 8.56. The number of ether oxygens (including phenoxy) is 1. The molecule has 2 heterocycles. The maximum atomic E-state index is 12.8. The Kier molecular flexibility index (Phi) is 7.21. The van der Waals surface area contributed by atoms with Crippen LogP contribution in [0.1, 0.15) is 27.2 Å². The van der Waals surface area contributed by atoms with Crippen molar-refractivity contribution >= 4 is 44.0 Å². The maximum absolute atomic E-state index is 12.8. The molecule has 0 spiro atoms. The van der Waals surface area contributed by atoms with Crippen LogP contribution in [0.5, 0.6) is 5.75 Å². The molecule has 0 bridgehead atoms. The van der Waals surface area contributed by atoms with E-state index in [4.69, 9.17) is 15.9 Å². The highest BCUT2D eigenvalue weighted by Gasteiger charge is 2.16. The van der Waals surface area contributed by atoms with Crippen LogP contribution >= 0.6 is 0 Å². The molecular formula is C27H25N5O3S. The van der Waals surface area contributed by atoms with Gasteiger partial charge in [0.15, 0.2) is 0 Å². The van der Waals surface area contributed by atoms with Gasteiger partial charge in [-0.2, -0.15) is 4.36 Å². The lowest BCUT2D eigenvalue weighted by molar-refractivity contribution is 0.100. The molecule has 3 N–H and O–H groups in total. The van der Waals surface area contributed by atoms with Crippen molar-refractivity contribution in [3.05, 3.63) is 102 Å². The second-order valence-electron chi connectivity index (χ2n) is 8.27. The van der Waals surface area contributed by atoms with E-state index in [1.807, 2.05) is 24.3 Å². The molecule has 0 unspecified atom stereocenters. The van der Waals surface area contributed by atoms with Crippen molar-refractivity contribution < 1.29 is 13.7 Å². The average molecular weight is 500 g/mol. The van der Waals surface area contributed by atoms with Gasteiger partial charge in [0, 0.05) is 57.5 Å². The maximum Gasteiger partial charge on any atom is 0.287 e. The number of pyridine rings is 2. The summed E-state index contributed by atoms with van der Waals surface area (Å²) in [6.07, 6.45) is 7.34. The van der Waals surface area contributed by atoms with Crippen molar-refractivity contribution in [2.75, 3.05) is 12.5 Å². The molecule has 0 atom stereocenters. The molecule has 1 amide bonds. The van der Waals surface area contributed by atoms with Crippen LogP contribution in [0.4, 0.5) is 0 Å². The number of rotatable bonds is 7. The smallest absolute Gasteiger partial charge is 0.287 e. The van der Waals surface area contributed by atoms with Gasteiger partial charge in [-0.25, -0.2) is 9.19 Å². The van der Waals surface area contributed by atoms with Gasteiger partial charge < -0.3 is 15.9 Å². The fraction of sp³-hybridized carbons (Fsp3) is 0.111. The van der Waals surface area contributed by atoms with E-state index in [2.05, 4.69) is 14.3 Å². The van der Waals surface area contributed by atoms with Gasteiger partial charge in [0.05, 0.1) is 16.8 Å². The molecule has 9 heteroatoms. The molecular weight excluding hydrogens is 474 g/mol. The van der Waals surface area contributed by atoms with E-state index < -0.39 is 15.6 Å². The molecule has 2 aromatic carbocycles. The monoisotopic (exact) mass is 499 g/mol. The summed E-state index contributed by atoms with van der Waals surface area (Å²) in [6, 6.07) is 19.8. The van der Waals surface area contributed by atoms with Gasteiger partial charge in [-0.3, -0.25) is 9.78 Å². The second kappa shape index (κ2) is 10.5. The number of allylic oxidation sites excluding steroid dienone is 1. The summed E-state index contributed by atoms with van der Waals surface area (Å²) in [7, 11) is -2.63. The molecule has 8 nitrogen and oxygen atoms in total. The predicted octanol–water partition coefficient (Wildman–Crippen LogP) is 4.55. The van der Waals surface area contributed by atoms with Crippen LogP contribution in [0.15, 0.2) is 83.5 Å². The molecule has 0 aliphatic carbocycles. The van der Waals surface area contributed by atoms with Crippen LogP contribution in [0.3, 0.4) is 0 Å². The molecule has 0 radical (unpaired) electrons. The molecule has 36 heavy (non-hydrogen) atoms. The number of para-hydroxylation sites is 1. The summed E-state index contributed by atoms with van der Waals surface area (Å²) >= 11 is 0. The van der Waals surface area contributed by atoms with Gasteiger partial charge >= 0.3 is 0 Å². The quantitative estimate of drug-likeness (QED) is 0.359. The van der Waals surface area contributed by atoms with Crippen molar-refractivity contribution in [2.45, 2.75) is 6.61 Å². The lowest BCUT2D eigenvalue weighted by atomic mass is 10.0. The standard InChI is InChI=1S/C27H25N5O3S/c1-36(2,34)32-27(33)22-15-20-5-3-4-6-24(20)31-25(22)17-35-21-9-7-19(8-10-21)26(29)23(16-28)18-11-13-30-14-12-18/h3-16,28H,17,29H2,1-2H3. The first kappa shape index (κ1) is 24.7. The largest absolute Gasteiger partial charge is 0.487 e. The number of amides is 1. The summed E-state index contributed by atoms with van der Waals surface area (Å²) in [5.74, 6) is -0.0441. The predicted molar refractivity (Wildman–Crippen MR) is 143 cm³/mol. The molecule has 4 rings (SSSR count). The highest BCUT2D eigenvalue weighted by atomic mass is 32.2. The van der Waals surface area contributed by atoms with Gasteiger partial charge in [0.2, 0.25) is 0 Å². The minimum atomic E-state index is -2.63. The third-order valence-corrected chi connectivity index (χ3v) is 5.91. The first-order valence-corrected chi connectivity index (χ1v) is 13.3. The number of carbonyl (C=O) groups is 1. The number of nitrogens with one attached hydrogen (secondary N) is 1. The van der Waals surface area contributed by atoms with Crippen molar-refractivity contribution in [2.24, 2.45) is 10.1 Å². The van der Waals surface area contributed by atoms with Crippen molar-refractivity contribution in [1.82, 2.24) is 9.97 Å². The summed E-state index contributed by atoms with van der Waals surface area (Å²) in [4.78, 5) is 21.4. The molecule has 4 aromatic rings. The van der Waals surface area contributed by atoms with Crippen molar-refractivity contribution in [3.63, 3.8) is 0 Å². The summed E-state index contributed by atoms with van der Waals surface area (Å²) < 4.78 is 21.9. The summed E-state index contributed by atoms with van der Waals surface area (Å²) in [5.41, 5.74) is 10.3. The van der Waals surface area contributed by atoms with Gasteiger partial charge in [-0.1, -0.05) is 18.2 Å². The van der Waals surface area contributed by atoms with Gasteiger partial charge in [-0.15, -0.1) is 0 Å². The normalized spacial score (nSPS) is 12.1. The topological polar surface area (TPSA) is 131 Å². The SMILES string of the molecule is CS(C)(=O)=NC(=O)c1cc2ccccc2nc1COc1ccc(C(N)=C(C=N)c2ccncc2)cc1. The zero-order valence-corrected chi connectivity index (χ0v) is 20.7. The van der Waals surface area contributed by atoms with E-state index in [9.17, 15) is 9.00 Å². The molecule has 0 fully saturated rings. The molecule has 0 aliphatic heterocycles. The van der Waals surface area contributed by atoms with Crippen LogP contribution in [-0.4, -0.2) is 38.8 Å². The Bertz CT molecular complexity index is 1580. The molecule has 182 valence electrons. The van der Waals surface area contributed by atoms with E-state index in [1.165, 1.54) is 18.7 Å². The van der Waals surface area contributed by atoms with E-state index >= 15 is 0 Å². The van der Waals surface area contributed by atoms with Crippen LogP contribution < -0.4 is 10.5 Å². The zero-order valence-electron chi connectivity index (χ0n) is 19.8. The Morgan fingerprint density at radius 2 is 1.75 bits per heavy atom. The van der Waals surface area contributed by atoms with E-state index in [-0.39, 0.29) is 12.2 Å². The van der Waals surface area contributed by atoms with E-state index in [0.29, 0.717) is 28.2 Å². The highest BCUT2D eigenvalue weighted by molar-refractivity contribution is 7.92. The number of aromatic nitrogens is 2. The number of nitrogens with two attached hydrogens (primary N) is 1. The lowest BCUT2D eigenvalue weighted by Crippen LogP contribution is -2.09. The third kappa shape index (κ3) is 5.81. The van der Waals surface area contributed by atoms with Gasteiger partial charge in [-0.05, 0) is 59.7 Å². The molecule has 0 saturated heterocycles. The first-order valence-electron chi connectivity index (χ1n) is 11.0. The van der Waals surface area contributed by atoms with Crippen molar-refractivity contribution in [3.8, 4) is 5.75 Å². The second-order valence-corrected chi connectivity index (χ2v) is 10.8. The van der Waals surface area contributed by atoms with Crippen LogP contribution in [0.2, 0.25) is 0 Å². The fourth-order valence-corrected chi connectivity index (χ4v) is 4.08. The Balaban J connectivity index is 1.61. The highest BCUT2D eigenvalue weighted by Crippen LogP contribution is 2.24. The molecule has 2 aromatic heterocycles. The van der Waals surface area contributed by atoms with E-state index in [1.54, 1.807) is 54.9 Å². The van der Waals surface area contributed by atoms with Gasteiger partial charge in [0.25, 0.3) is 5.91 Å². The molecule has 0 aliphatic rings. The summed E-state index contributed by atoms with van der Waals surface area (Å²) in [6.45, 7) is 0.0173. The Labute approximate surface area is 209 Å². The number of nitrogens with zero attached hydrogens (tertiary/aromatic N) is 3. The number of fused-ring (bicyclic) bond motifs is 1.